The lowest BCUT2D eigenvalue weighted by Crippen LogP contribution is -2.24. The predicted octanol–water partition coefficient (Wildman–Crippen LogP) is 2.62. The first-order valence-electron chi connectivity index (χ1n) is 6.03. The Morgan fingerprint density at radius 1 is 1.53 bits per heavy atom. The lowest BCUT2D eigenvalue weighted by Gasteiger charge is -2.29. The molecule has 1 aliphatic rings. The van der Waals surface area contributed by atoms with Gasteiger partial charge in [-0.1, -0.05) is 13.0 Å². The van der Waals surface area contributed by atoms with E-state index in [0.29, 0.717) is 5.75 Å². The van der Waals surface area contributed by atoms with Crippen molar-refractivity contribution in [3.8, 4) is 5.75 Å². The van der Waals surface area contributed by atoms with Crippen molar-refractivity contribution in [2.24, 2.45) is 5.92 Å². The lowest BCUT2D eigenvalue weighted by molar-refractivity contribution is -0.145. The maximum Gasteiger partial charge on any atom is 0.308 e. The summed E-state index contributed by atoms with van der Waals surface area (Å²) in [6.07, 6.45) is 3.05. The number of esters is 1. The summed E-state index contributed by atoms with van der Waals surface area (Å²) in [7, 11) is 1.43. The number of carbonyl (C=O) groups is 1. The molecule has 0 saturated heterocycles. The first-order valence-corrected chi connectivity index (χ1v) is 6.03. The van der Waals surface area contributed by atoms with E-state index in [1.165, 1.54) is 12.7 Å². The monoisotopic (exact) mass is 234 g/mol. The van der Waals surface area contributed by atoms with Crippen molar-refractivity contribution < 1.29 is 14.6 Å². The summed E-state index contributed by atoms with van der Waals surface area (Å²) in [4.78, 5) is 11.6. The average molecular weight is 234 g/mol. The van der Waals surface area contributed by atoms with Crippen LogP contribution in [0, 0.1) is 5.92 Å². The van der Waals surface area contributed by atoms with Gasteiger partial charge in [-0.2, -0.15) is 0 Å². The highest BCUT2D eigenvalue weighted by Crippen LogP contribution is 2.38. The van der Waals surface area contributed by atoms with E-state index in [2.05, 4.69) is 0 Å². The number of methoxy groups -OCH3 is 1. The van der Waals surface area contributed by atoms with Crippen molar-refractivity contribution >= 4 is 5.97 Å². The molecule has 0 fully saturated rings. The van der Waals surface area contributed by atoms with Gasteiger partial charge in [-0.25, -0.2) is 0 Å². The number of benzene rings is 1. The third-order valence-corrected chi connectivity index (χ3v) is 3.66. The third-order valence-electron chi connectivity index (χ3n) is 3.66. The molecule has 92 valence electrons. The number of carbonyl (C=O) groups excluding carboxylic acids is 1. The van der Waals surface area contributed by atoms with Crippen LogP contribution in [-0.2, 0) is 16.0 Å². The van der Waals surface area contributed by atoms with Gasteiger partial charge in [-0.3, -0.25) is 4.79 Å². The Labute approximate surface area is 101 Å². The fraction of sp³-hybridized carbons (Fsp3) is 0.500. The lowest BCUT2D eigenvalue weighted by atomic mass is 9.76. The van der Waals surface area contributed by atoms with Crippen LogP contribution in [0.4, 0.5) is 0 Å². The molecule has 0 unspecified atom stereocenters. The standard InChI is InChI=1S/C14H18O3/c1-9(14(16)17-2)12-5-3-4-10-8-11(15)6-7-13(10)12/h6-9,12,15H,3-5H2,1-2H3/t9-,12-/m0/s1. The van der Waals surface area contributed by atoms with E-state index in [1.807, 2.05) is 19.1 Å². The molecule has 17 heavy (non-hydrogen) atoms. The van der Waals surface area contributed by atoms with Gasteiger partial charge in [0.05, 0.1) is 13.0 Å². The zero-order chi connectivity index (χ0) is 12.4. The van der Waals surface area contributed by atoms with Crippen LogP contribution in [0.25, 0.3) is 0 Å². The number of fused-ring (bicyclic) bond motifs is 1. The molecule has 0 spiro atoms. The molecule has 0 amide bonds. The van der Waals surface area contributed by atoms with Crippen LogP contribution in [0.1, 0.15) is 36.8 Å². The second-order valence-corrected chi connectivity index (χ2v) is 4.69. The van der Waals surface area contributed by atoms with Gasteiger partial charge in [-0.05, 0) is 48.4 Å². The molecular formula is C14H18O3. The maximum absolute atomic E-state index is 11.6. The smallest absolute Gasteiger partial charge is 0.308 e. The van der Waals surface area contributed by atoms with E-state index in [0.717, 1.165) is 24.8 Å². The molecule has 0 heterocycles. The Morgan fingerprint density at radius 3 is 3.00 bits per heavy atom. The maximum atomic E-state index is 11.6. The first kappa shape index (κ1) is 12.0. The van der Waals surface area contributed by atoms with Crippen molar-refractivity contribution in [3.05, 3.63) is 29.3 Å². The molecule has 3 heteroatoms. The minimum absolute atomic E-state index is 0.122. The van der Waals surface area contributed by atoms with E-state index < -0.39 is 0 Å². The molecular weight excluding hydrogens is 216 g/mol. The highest BCUT2D eigenvalue weighted by atomic mass is 16.5. The average Bonchev–Trinajstić information content (AvgIpc) is 2.35. The molecule has 1 N–H and O–H groups in total. The Bertz CT molecular complexity index is 425. The first-order chi connectivity index (χ1) is 8.13. The number of aryl methyl sites for hydroxylation is 1. The Hall–Kier alpha value is -1.51. The summed E-state index contributed by atoms with van der Waals surface area (Å²) in [6, 6.07) is 5.45. The summed E-state index contributed by atoms with van der Waals surface area (Å²) < 4.78 is 4.82. The van der Waals surface area contributed by atoms with Crippen molar-refractivity contribution in [2.45, 2.75) is 32.1 Å². The molecule has 0 saturated carbocycles. The van der Waals surface area contributed by atoms with Gasteiger partial charge in [-0.15, -0.1) is 0 Å². The fourth-order valence-corrected chi connectivity index (χ4v) is 2.71. The molecule has 1 aromatic rings. The molecule has 0 aliphatic heterocycles. The number of phenolic OH excluding ortho intramolecular Hbond substituents is 1. The van der Waals surface area contributed by atoms with Gasteiger partial charge < -0.3 is 9.84 Å². The number of aromatic hydroxyl groups is 1. The van der Waals surface area contributed by atoms with Crippen molar-refractivity contribution in [1.82, 2.24) is 0 Å². The Morgan fingerprint density at radius 2 is 2.29 bits per heavy atom. The summed E-state index contributed by atoms with van der Waals surface area (Å²) in [5.74, 6) is 0.237. The summed E-state index contributed by atoms with van der Waals surface area (Å²) in [6.45, 7) is 1.92. The SMILES string of the molecule is COC(=O)[C@@H](C)[C@@H]1CCCc2cc(O)ccc21. The molecule has 1 aromatic carbocycles. The third kappa shape index (κ3) is 2.28. The van der Waals surface area contributed by atoms with Gasteiger partial charge in [0, 0.05) is 0 Å². The fourth-order valence-electron chi connectivity index (χ4n) is 2.71. The predicted molar refractivity (Wildman–Crippen MR) is 65.0 cm³/mol. The number of phenols is 1. The van der Waals surface area contributed by atoms with Crippen LogP contribution in [0.15, 0.2) is 18.2 Å². The summed E-state index contributed by atoms with van der Waals surface area (Å²) >= 11 is 0. The minimum atomic E-state index is -0.157. The molecule has 3 nitrogen and oxygen atoms in total. The van der Waals surface area contributed by atoms with Crippen LogP contribution in [-0.4, -0.2) is 18.2 Å². The Balaban J connectivity index is 2.31. The highest BCUT2D eigenvalue weighted by Gasteiger charge is 2.30. The van der Waals surface area contributed by atoms with Crippen LogP contribution >= 0.6 is 0 Å². The largest absolute Gasteiger partial charge is 0.508 e. The normalized spacial score (nSPS) is 20.5. The van der Waals surface area contributed by atoms with E-state index in [-0.39, 0.29) is 17.8 Å². The van der Waals surface area contributed by atoms with E-state index in [9.17, 15) is 9.90 Å². The number of rotatable bonds is 2. The van der Waals surface area contributed by atoms with E-state index in [4.69, 9.17) is 4.74 Å². The van der Waals surface area contributed by atoms with Crippen molar-refractivity contribution in [2.75, 3.05) is 7.11 Å². The number of hydrogen-bond acceptors (Lipinski definition) is 3. The van der Waals surface area contributed by atoms with Crippen LogP contribution < -0.4 is 0 Å². The minimum Gasteiger partial charge on any atom is -0.508 e. The summed E-state index contributed by atoms with van der Waals surface area (Å²) in [5, 5.41) is 9.48. The zero-order valence-corrected chi connectivity index (χ0v) is 10.3. The second kappa shape index (κ2) is 4.78. The Kier molecular flexibility index (Phi) is 3.36. The molecule has 2 rings (SSSR count). The van der Waals surface area contributed by atoms with Crippen LogP contribution in [0.2, 0.25) is 0 Å². The number of ether oxygens (including phenoxy) is 1. The molecule has 0 aromatic heterocycles. The number of hydrogen-bond donors (Lipinski definition) is 1. The van der Waals surface area contributed by atoms with E-state index >= 15 is 0 Å². The highest BCUT2D eigenvalue weighted by molar-refractivity contribution is 5.73. The van der Waals surface area contributed by atoms with Crippen LogP contribution in [0.3, 0.4) is 0 Å². The molecule has 0 radical (unpaired) electrons. The molecule has 1 aliphatic carbocycles. The second-order valence-electron chi connectivity index (χ2n) is 4.69. The zero-order valence-electron chi connectivity index (χ0n) is 10.3. The van der Waals surface area contributed by atoms with Gasteiger partial charge in [0.15, 0.2) is 0 Å². The van der Waals surface area contributed by atoms with Gasteiger partial charge in [0.2, 0.25) is 0 Å². The van der Waals surface area contributed by atoms with Gasteiger partial charge >= 0.3 is 5.97 Å². The topological polar surface area (TPSA) is 46.5 Å². The quantitative estimate of drug-likeness (QED) is 0.800. The van der Waals surface area contributed by atoms with Gasteiger partial charge in [0.25, 0.3) is 0 Å². The summed E-state index contributed by atoms with van der Waals surface area (Å²) in [5.41, 5.74) is 2.35. The van der Waals surface area contributed by atoms with Crippen molar-refractivity contribution in [3.63, 3.8) is 0 Å². The van der Waals surface area contributed by atoms with Gasteiger partial charge in [0.1, 0.15) is 5.75 Å². The molecule has 0 bridgehead atoms. The van der Waals surface area contributed by atoms with E-state index in [1.54, 1.807) is 6.07 Å². The molecule has 2 atom stereocenters. The van der Waals surface area contributed by atoms with Crippen molar-refractivity contribution in [1.29, 1.82) is 0 Å². The van der Waals surface area contributed by atoms with Crippen LogP contribution in [0.5, 0.6) is 5.75 Å².